The molecule has 0 aliphatic rings. The number of carbonyl (C=O) groups is 1. The van der Waals surface area contributed by atoms with E-state index in [4.69, 9.17) is 4.74 Å². The first-order chi connectivity index (χ1) is 5.99. The maximum absolute atomic E-state index is 11.2. The van der Waals surface area contributed by atoms with Crippen LogP contribution in [0.2, 0.25) is 0 Å². The molecule has 0 aromatic carbocycles. The Bertz CT molecular complexity index is 199. The molecule has 13 heavy (non-hydrogen) atoms. The molecule has 0 heterocycles. The summed E-state index contributed by atoms with van der Waals surface area (Å²) < 4.78 is 5.35. The van der Waals surface area contributed by atoms with E-state index in [1.165, 1.54) is 13.1 Å². The molecule has 0 saturated heterocycles. The second kappa shape index (κ2) is 5.56. The zero-order valence-corrected chi connectivity index (χ0v) is 8.61. The van der Waals surface area contributed by atoms with Crippen molar-refractivity contribution in [2.24, 2.45) is 5.92 Å². The monoisotopic (exact) mass is 187 g/mol. The van der Waals surface area contributed by atoms with Crippen molar-refractivity contribution < 1.29 is 14.3 Å². The molecule has 0 amide bonds. The van der Waals surface area contributed by atoms with Gasteiger partial charge in [-0.2, -0.15) is 0 Å². The third-order valence-electron chi connectivity index (χ3n) is 1.45. The van der Waals surface area contributed by atoms with Crippen LogP contribution in [-0.2, 0) is 9.53 Å². The molecule has 0 bridgehead atoms. The first-order valence-electron chi connectivity index (χ1n) is 4.46. The first-order valence-corrected chi connectivity index (χ1v) is 4.46. The van der Waals surface area contributed by atoms with E-state index in [-0.39, 0.29) is 5.92 Å². The van der Waals surface area contributed by atoms with Crippen molar-refractivity contribution in [2.45, 2.75) is 33.7 Å². The van der Waals surface area contributed by atoms with Gasteiger partial charge >= 0.3 is 5.97 Å². The summed E-state index contributed by atoms with van der Waals surface area (Å²) in [6.45, 7) is 7.31. The average Bonchev–Trinajstić information content (AvgIpc) is 2.02. The van der Waals surface area contributed by atoms with Crippen LogP contribution in [0.25, 0.3) is 0 Å². The van der Waals surface area contributed by atoms with Crippen LogP contribution in [0.3, 0.4) is 0 Å². The van der Waals surface area contributed by atoms with Gasteiger partial charge in [-0.1, -0.05) is 13.8 Å². The van der Waals surface area contributed by atoms with Crippen molar-refractivity contribution >= 4 is 12.2 Å². The highest BCUT2D eigenvalue weighted by atomic mass is 16.5. The fourth-order valence-electron chi connectivity index (χ4n) is 0.790. The predicted molar refractivity (Wildman–Crippen MR) is 50.6 cm³/mol. The minimum Gasteiger partial charge on any atom is -0.623 e. The van der Waals surface area contributed by atoms with Gasteiger partial charge in [-0.15, -0.1) is 0 Å². The smallest absolute Gasteiger partial charge is 0.376 e. The lowest BCUT2D eigenvalue weighted by atomic mass is 10.2. The summed E-state index contributed by atoms with van der Waals surface area (Å²) >= 11 is 0. The average molecular weight is 187 g/mol. The molecule has 0 spiro atoms. The Labute approximate surface area is 78.8 Å². The molecule has 0 aromatic rings. The molecule has 0 unspecified atom stereocenters. The predicted octanol–water partition coefficient (Wildman–Crippen LogP) is 1.18. The highest BCUT2D eigenvalue weighted by Crippen LogP contribution is 1.95. The summed E-state index contributed by atoms with van der Waals surface area (Å²) in [5.74, 6) is -0.344. The Morgan fingerprint density at radius 3 is 2.46 bits per heavy atom. The van der Waals surface area contributed by atoms with Gasteiger partial charge < -0.3 is 9.94 Å². The van der Waals surface area contributed by atoms with Crippen molar-refractivity contribution in [3.63, 3.8) is 0 Å². The van der Waals surface area contributed by atoms with Crippen molar-refractivity contribution in [3.05, 3.63) is 5.21 Å². The van der Waals surface area contributed by atoms with Gasteiger partial charge in [0.2, 0.25) is 0 Å². The van der Waals surface area contributed by atoms with Gasteiger partial charge in [-0.25, -0.2) is 9.53 Å². The van der Waals surface area contributed by atoms with E-state index in [9.17, 15) is 10.0 Å². The molecule has 0 saturated carbocycles. The molecule has 1 atom stereocenters. The van der Waals surface area contributed by atoms with E-state index >= 15 is 0 Å². The van der Waals surface area contributed by atoms with E-state index < -0.39 is 12.0 Å². The number of hydrogen-bond acceptors (Lipinski definition) is 3. The Hall–Kier alpha value is -1.06. The topological polar surface area (TPSA) is 52.4 Å². The van der Waals surface area contributed by atoms with E-state index in [0.717, 1.165) is 0 Å². The first kappa shape index (κ1) is 11.9. The standard InChI is InChI=1S/C9H17NO3/c1-5-13-9(11)8(4)10(12)6-7(2)3/h6-8H,5H2,1-4H3/b10-6-/t8-/m0/s1. The maximum atomic E-state index is 11.2. The number of ether oxygens (including phenoxy) is 1. The lowest BCUT2D eigenvalue weighted by Crippen LogP contribution is -2.31. The van der Waals surface area contributed by atoms with Gasteiger partial charge in [0.25, 0.3) is 6.04 Å². The van der Waals surface area contributed by atoms with Gasteiger partial charge in [0, 0.05) is 12.8 Å². The van der Waals surface area contributed by atoms with Crippen LogP contribution >= 0.6 is 0 Å². The van der Waals surface area contributed by atoms with Gasteiger partial charge in [0.15, 0.2) is 6.21 Å². The molecule has 0 N–H and O–H groups in total. The molecular formula is C9H17NO3. The van der Waals surface area contributed by atoms with Gasteiger partial charge in [-0.05, 0) is 6.92 Å². The molecular weight excluding hydrogens is 170 g/mol. The lowest BCUT2D eigenvalue weighted by Gasteiger charge is -2.11. The highest BCUT2D eigenvalue weighted by molar-refractivity contribution is 5.74. The van der Waals surface area contributed by atoms with Crippen molar-refractivity contribution in [2.75, 3.05) is 6.61 Å². The summed E-state index contributed by atoms with van der Waals surface area (Å²) in [4.78, 5) is 11.1. The molecule has 0 rings (SSSR count). The maximum Gasteiger partial charge on any atom is 0.376 e. The Balaban J connectivity index is 4.24. The SMILES string of the molecule is CCOC(=O)[C@H](C)/[N+]([O-])=C/C(C)C. The highest BCUT2D eigenvalue weighted by Gasteiger charge is 2.21. The number of esters is 1. The van der Waals surface area contributed by atoms with Gasteiger partial charge in [0.05, 0.1) is 6.61 Å². The second-order valence-electron chi connectivity index (χ2n) is 3.18. The summed E-state index contributed by atoms with van der Waals surface area (Å²) in [5.41, 5.74) is 0. The Morgan fingerprint density at radius 2 is 2.08 bits per heavy atom. The molecule has 0 radical (unpaired) electrons. The normalized spacial score (nSPS) is 14.4. The molecule has 0 aliphatic carbocycles. The van der Waals surface area contributed by atoms with Crippen LogP contribution in [0, 0.1) is 11.1 Å². The fraction of sp³-hybridized carbons (Fsp3) is 0.778. The summed E-state index contributed by atoms with van der Waals surface area (Å²) in [6, 6.07) is -0.748. The van der Waals surface area contributed by atoms with Crippen LogP contribution in [0.4, 0.5) is 0 Å². The fourth-order valence-corrected chi connectivity index (χ4v) is 0.790. The summed E-state index contributed by atoms with van der Waals surface area (Å²) in [6.07, 6.45) is 1.46. The second-order valence-corrected chi connectivity index (χ2v) is 3.18. The zero-order valence-electron chi connectivity index (χ0n) is 8.61. The van der Waals surface area contributed by atoms with Gasteiger partial charge in [-0.3, -0.25) is 0 Å². The number of hydroxylamine groups is 1. The zero-order chi connectivity index (χ0) is 10.4. The minimum atomic E-state index is -0.748. The molecule has 0 aromatic heterocycles. The molecule has 0 aliphatic heterocycles. The van der Waals surface area contributed by atoms with E-state index in [1.54, 1.807) is 6.92 Å². The number of rotatable bonds is 4. The van der Waals surface area contributed by atoms with Crippen LogP contribution < -0.4 is 0 Å². The third kappa shape index (κ3) is 4.50. The largest absolute Gasteiger partial charge is 0.623 e. The lowest BCUT2D eigenvalue weighted by molar-refractivity contribution is -0.482. The van der Waals surface area contributed by atoms with Crippen LogP contribution in [-0.4, -0.2) is 29.6 Å². The Kier molecular flexibility index (Phi) is 5.11. The van der Waals surface area contributed by atoms with E-state index in [2.05, 4.69) is 0 Å². The number of hydrogen-bond donors (Lipinski definition) is 0. The third-order valence-corrected chi connectivity index (χ3v) is 1.45. The summed E-state index contributed by atoms with van der Waals surface area (Å²) in [5, 5.41) is 11.2. The molecule has 76 valence electrons. The quantitative estimate of drug-likeness (QED) is 0.218. The van der Waals surface area contributed by atoms with Crippen LogP contribution in [0.5, 0.6) is 0 Å². The number of carbonyl (C=O) groups excluding carboxylic acids is 1. The van der Waals surface area contributed by atoms with Crippen molar-refractivity contribution in [1.29, 1.82) is 0 Å². The van der Waals surface area contributed by atoms with Crippen LogP contribution in [0.1, 0.15) is 27.7 Å². The van der Waals surface area contributed by atoms with Crippen LogP contribution in [0.15, 0.2) is 0 Å². The van der Waals surface area contributed by atoms with Crippen molar-refractivity contribution in [1.82, 2.24) is 0 Å². The molecule has 4 heteroatoms. The molecule has 4 nitrogen and oxygen atoms in total. The van der Waals surface area contributed by atoms with Gasteiger partial charge in [0.1, 0.15) is 0 Å². The minimum absolute atomic E-state index is 0.134. The number of nitrogens with zero attached hydrogens (tertiary/aromatic N) is 1. The Morgan fingerprint density at radius 1 is 1.54 bits per heavy atom. The molecule has 0 fully saturated rings. The van der Waals surface area contributed by atoms with E-state index in [0.29, 0.717) is 11.3 Å². The summed E-state index contributed by atoms with van der Waals surface area (Å²) in [7, 11) is 0. The van der Waals surface area contributed by atoms with E-state index in [1.807, 2.05) is 13.8 Å². The van der Waals surface area contributed by atoms with Crippen molar-refractivity contribution in [3.8, 4) is 0 Å².